The Morgan fingerprint density at radius 1 is 0.545 bits per heavy atom. The molecule has 1 rings (SSSR count). The maximum atomic E-state index is 5.05. The van der Waals surface area contributed by atoms with Gasteiger partial charge in [-0.1, -0.05) is 168 Å². The zero-order valence-corrected chi connectivity index (χ0v) is 31.2. The minimum Gasteiger partial charge on any atom is -0.143 e. The Balaban J connectivity index is 2.12. The molecule has 1 aromatic rings. The number of unbranched alkanes of at least 4 members (excludes halogenated alkanes) is 20. The SMILES string of the molecule is CCCCCC=C=CCCCCCCCCCc1cc(CC)cc(CCCCCCCCCCCC(C)CCCCC)c1S. The van der Waals surface area contributed by atoms with Crippen LogP contribution in [0.25, 0.3) is 0 Å². The lowest BCUT2D eigenvalue weighted by molar-refractivity contribution is 0.435. The Morgan fingerprint density at radius 3 is 1.41 bits per heavy atom. The average molecular weight is 625 g/mol. The number of aryl methyl sites for hydroxylation is 3. The fourth-order valence-electron chi connectivity index (χ4n) is 6.54. The first kappa shape index (κ1) is 41.1. The quantitative estimate of drug-likeness (QED) is 0.0474. The summed E-state index contributed by atoms with van der Waals surface area (Å²) in [5, 5.41) is 0. The van der Waals surface area contributed by atoms with Crippen LogP contribution in [0.2, 0.25) is 0 Å². The van der Waals surface area contributed by atoms with E-state index in [0.29, 0.717) is 0 Å². The molecule has 44 heavy (non-hydrogen) atoms. The zero-order chi connectivity index (χ0) is 31.9. The van der Waals surface area contributed by atoms with Gasteiger partial charge in [-0.25, -0.2) is 0 Å². The van der Waals surface area contributed by atoms with E-state index in [-0.39, 0.29) is 0 Å². The maximum absolute atomic E-state index is 5.05. The topological polar surface area (TPSA) is 0 Å². The molecular weight excluding hydrogens is 549 g/mol. The summed E-state index contributed by atoms with van der Waals surface area (Å²) in [5.74, 6) is 0.944. The van der Waals surface area contributed by atoms with Crippen LogP contribution in [0.5, 0.6) is 0 Å². The number of hydrogen-bond acceptors (Lipinski definition) is 1. The van der Waals surface area contributed by atoms with Gasteiger partial charge in [0.2, 0.25) is 0 Å². The van der Waals surface area contributed by atoms with Crippen LogP contribution in [-0.4, -0.2) is 0 Å². The van der Waals surface area contributed by atoms with Crippen molar-refractivity contribution in [1.82, 2.24) is 0 Å². The molecule has 0 saturated heterocycles. The highest BCUT2D eigenvalue weighted by atomic mass is 32.1. The van der Waals surface area contributed by atoms with Crippen molar-refractivity contribution in [1.29, 1.82) is 0 Å². The van der Waals surface area contributed by atoms with Crippen LogP contribution in [0, 0.1) is 5.92 Å². The van der Waals surface area contributed by atoms with Crippen LogP contribution in [0.15, 0.2) is 34.9 Å². The van der Waals surface area contributed by atoms with Crippen LogP contribution in [-0.2, 0) is 19.3 Å². The van der Waals surface area contributed by atoms with E-state index >= 15 is 0 Å². The third-order valence-corrected chi connectivity index (χ3v) is 10.2. The van der Waals surface area contributed by atoms with Crippen molar-refractivity contribution in [2.45, 2.75) is 219 Å². The third-order valence-electron chi connectivity index (χ3n) is 9.66. The van der Waals surface area contributed by atoms with Crippen molar-refractivity contribution in [3.8, 4) is 0 Å². The lowest BCUT2D eigenvalue weighted by Gasteiger charge is -2.14. The standard InChI is InChI=1S/C43H76S/c1-5-8-10-11-12-13-14-15-16-17-18-21-24-27-31-35-41-37-40(7-3)38-42(43(41)44)36-32-28-25-22-19-20-23-26-30-34-39(4)33-29-9-6-2/h12,14,37-39,44H,5-11,15-36H2,1-4H3. The normalized spacial score (nSPS) is 11.9. The van der Waals surface area contributed by atoms with Gasteiger partial charge in [-0.3, -0.25) is 0 Å². The first-order valence-electron chi connectivity index (χ1n) is 19.8. The van der Waals surface area contributed by atoms with Crippen molar-refractivity contribution < 1.29 is 0 Å². The highest BCUT2D eigenvalue weighted by Crippen LogP contribution is 2.26. The van der Waals surface area contributed by atoms with Gasteiger partial charge in [-0.2, -0.15) is 0 Å². The zero-order valence-electron chi connectivity index (χ0n) is 30.3. The van der Waals surface area contributed by atoms with E-state index in [1.807, 2.05) is 0 Å². The molecule has 0 bridgehead atoms. The van der Waals surface area contributed by atoms with Crippen molar-refractivity contribution in [3.63, 3.8) is 0 Å². The van der Waals surface area contributed by atoms with Crippen molar-refractivity contribution in [2.24, 2.45) is 5.92 Å². The van der Waals surface area contributed by atoms with E-state index in [0.717, 1.165) is 12.3 Å². The molecule has 0 nitrogen and oxygen atoms in total. The lowest BCUT2D eigenvalue weighted by Crippen LogP contribution is -1.98. The highest BCUT2D eigenvalue weighted by molar-refractivity contribution is 7.80. The molecule has 0 N–H and O–H groups in total. The van der Waals surface area contributed by atoms with E-state index in [2.05, 4.69) is 57.7 Å². The van der Waals surface area contributed by atoms with Crippen LogP contribution < -0.4 is 0 Å². The number of thiol groups is 1. The molecule has 1 aromatic carbocycles. The fraction of sp³-hybridized carbons (Fsp3) is 0.791. The van der Waals surface area contributed by atoms with Crippen LogP contribution in [0.3, 0.4) is 0 Å². The molecule has 1 unspecified atom stereocenters. The molecule has 0 amide bonds. The number of hydrogen-bond donors (Lipinski definition) is 1. The smallest absolute Gasteiger partial charge is 0.0104 e. The number of rotatable bonds is 31. The summed E-state index contributed by atoms with van der Waals surface area (Å²) < 4.78 is 0. The van der Waals surface area contributed by atoms with Gasteiger partial charge >= 0.3 is 0 Å². The Hall–Kier alpha value is -0.910. The fourth-order valence-corrected chi connectivity index (χ4v) is 6.90. The monoisotopic (exact) mass is 625 g/mol. The average Bonchev–Trinajstić information content (AvgIpc) is 3.03. The number of benzene rings is 1. The Bertz CT molecular complexity index is 830. The van der Waals surface area contributed by atoms with Gasteiger partial charge in [0.25, 0.3) is 0 Å². The summed E-state index contributed by atoms with van der Waals surface area (Å²) in [7, 11) is 0. The van der Waals surface area contributed by atoms with Gasteiger partial charge in [0.15, 0.2) is 0 Å². The van der Waals surface area contributed by atoms with Gasteiger partial charge < -0.3 is 0 Å². The van der Waals surface area contributed by atoms with E-state index in [1.54, 1.807) is 0 Å². The molecule has 254 valence electrons. The first-order chi connectivity index (χ1) is 21.6. The van der Waals surface area contributed by atoms with Crippen LogP contribution in [0.1, 0.15) is 211 Å². The Labute approximate surface area is 283 Å². The van der Waals surface area contributed by atoms with Crippen molar-refractivity contribution >= 4 is 12.6 Å². The molecule has 0 saturated carbocycles. The van der Waals surface area contributed by atoms with Gasteiger partial charge in [-0.05, 0) is 92.5 Å². The van der Waals surface area contributed by atoms with E-state index in [1.165, 1.54) is 201 Å². The molecule has 0 aromatic heterocycles. The predicted octanol–water partition coefficient (Wildman–Crippen LogP) is 15.2. The summed E-state index contributed by atoms with van der Waals surface area (Å²) in [4.78, 5) is 1.30. The molecule has 0 radical (unpaired) electrons. The molecule has 0 aliphatic rings. The summed E-state index contributed by atoms with van der Waals surface area (Å²) in [6, 6.07) is 4.90. The molecule has 0 aliphatic heterocycles. The van der Waals surface area contributed by atoms with Crippen molar-refractivity contribution in [2.75, 3.05) is 0 Å². The summed E-state index contributed by atoms with van der Waals surface area (Å²) in [6.45, 7) is 9.34. The Morgan fingerprint density at radius 2 is 0.932 bits per heavy atom. The third kappa shape index (κ3) is 23.4. The van der Waals surface area contributed by atoms with Crippen LogP contribution in [0.4, 0.5) is 0 Å². The maximum Gasteiger partial charge on any atom is 0.0104 e. The summed E-state index contributed by atoms with van der Waals surface area (Å²) in [6.07, 6.45) is 43.8. The summed E-state index contributed by atoms with van der Waals surface area (Å²) in [5.41, 5.74) is 7.90. The molecule has 0 aliphatic carbocycles. The van der Waals surface area contributed by atoms with E-state index in [9.17, 15) is 0 Å². The van der Waals surface area contributed by atoms with Gasteiger partial charge in [0, 0.05) is 4.90 Å². The summed E-state index contributed by atoms with van der Waals surface area (Å²) >= 11 is 5.05. The predicted molar refractivity (Wildman–Crippen MR) is 204 cm³/mol. The first-order valence-corrected chi connectivity index (χ1v) is 20.3. The lowest BCUT2D eigenvalue weighted by atomic mass is 9.95. The van der Waals surface area contributed by atoms with E-state index in [4.69, 9.17) is 12.6 Å². The van der Waals surface area contributed by atoms with Gasteiger partial charge in [-0.15, -0.1) is 18.4 Å². The van der Waals surface area contributed by atoms with Gasteiger partial charge in [0.05, 0.1) is 0 Å². The molecule has 0 fully saturated rings. The highest BCUT2D eigenvalue weighted by Gasteiger charge is 2.08. The molecule has 0 spiro atoms. The minimum atomic E-state index is 0.944. The second kappa shape index (κ2) is 30.7. The van der Waals surface area contributed by atoms with E-state index < -0.39 is 0 Å². The molecule has 1 atom stereocenters. The molecule has 0 heterocycles. The Kier molecular flexibility index (Phi) is 28.7. The van der Waals surface area contributed by atoms with Crippen LogP contribution >= 0.6 is 12.6 Å². The molecular formula is C43H76S. The molecule has 1 heteroatoms. The minimum absolute atomic E-state index is 0.944. The van der Waals surface area contributed by atoms with Gasteiger partial charge in [0.1, 0.15) is 0 Å². The second-order valence-corrected chi connectivity index (χ2v) is 14.5. The largest absolute Gasteiger partial charge is 0.143 e. The second-order valence-electron chi connectivity index (χ2n) is 14.0. The van der Waals surface area contributed by atoms with Crippen molar-refractivity contribution in [3.05, 3.63) is 46.7 Å². The number of allylic oxidation sites excluding steroid dienone is 1.